The zero-order chi connectivity index (χ0) is 10.1. The molecule has 0 saturated heterocycles. The third-order valence-corrected chi connectivity index (χ3v) is 5.79. The molecule has 0 nitrogen and oxygen atoms in total. The average molecular weight is 270 g/mol. The predicted octanol–water partition coefficient (Wildman–Crippen LogP) is 4.45. The van der Waals surface area contributed by atoms with Crippen molar-refractivity contribution in [2.24, 2.45) is 17.3 Å². The first-order valence-corrected chi connectivity index (χ1v) is 6.13. The molecule has 3 rings (SSSR count). The van der Waals surface area contributed by atoms with Gasteiger partial charge in [0.1, 0.15) is 0 Å². The molecule has 2 bridgehead atoms. The average Bonchev–Trinajstić information content (AvgIpc) is 2.77. The zero-order valence-electron chi connectivity index (χ0n) is 7.24. The van der Waals surface area contributed by atoms with Gasteiger partial charge in [0.25, 0.3) is 0 Å². The van der Waals surface area contributed by atoms with Crippen molar-refractivity contribution in [2.45, 2.75) is 17.2 Å². The second kappa shape index (κ2) is 2.66. The van der Waals surface area contributed by atoms with E-state index >= 15 is 0 Å². The molecule has 4 heteroatoms. The molecule has 1 saturated carbocycles. The fraction of sp³-hybridized carbons (Fsp3) is 0.600. The SMILES string of the molecule is ClC1=C(Cl)C(Cl)(Cl)[C@H]2C=C[C@H]1C21CC1. The number of allylic oxidation sites excluding steroid dienone is 4. The summed E-state index contributed by atoms with van der Waals surface area (Å²) in [5.41, 5.74) is 0.193. The van der Waals surface area contributed by atoms with Crippen LogP contribution in [0.2, 0.25) is 0 Å². The van der Waals surface area contributed by atoms with Crippen LogP contribution in [0, 0.1) is 17.3 Å². The molecule has 0 radical (unpaired) electrons. The molecule has 0 aromatic carbocycles. The summed E-state index contributed by atoms with van der Waals surface area (Å²) in [6, 6.07) is 0. The van der Waals surface area contributed by atoms with E-state index in [4.69, 9.17) is 46.4 Å². The third kappa shape index (κ3) is 0.942. The van der Waals surface area contributed by atoms with Crippen LogP contribution in [0.3, 0.4) is 0 Å². The normalized spacial score (nSPS) is 40.9. The van der Waals surface area contributed by atoms with Crippen LogP contribution < -0.4 is 0 Å². The lowest BCUT2D eigenvalue weighted by Gasteiger charge is -2.39. The summed E-state index contributed by atoms with van der Waals surface area (Å²) in [5, 5.41) is 1.05. The lowest BCUT2D eigenvalue weighted by Crippen LogP contribution is -2.37. The summed E-state index contributed by atoms with van der Waals surface area (Å²) in [4.78, 5) is 0. The van der Waals surface area contributed by atoms with Crippen molar-refractivity contribution in [3.8, 4) is 0 Å². The summed E-state index contributed by atoms with van der Waals surface area (Å²) >= 11 is 24.8. The minimum absolute atomic E-state index is 0.137. The van der Waals surface area contributed by atoms with Crippen molar-refractivity contribution in [2.75, 3.05) is 0 Å². The van der Waals surface area contributed by atoms with E-state index in [-0.39, 0.29) is 17.3 Å². The van der Waals surface area contributed by atoms with E-state index in [0.717, 1.165) is 12.8 Å². The van der Waals surface area contributed by atoms with E-state index in [0.29, 0.717) is 10.1 Å². The number of alkyl halides is 2. The molecule has 14 heavy (non-hydrogen) atoms. The quantitative estimate of drug-likeness (QED) is 0.450. The smallest absolute Gasteiger partial charge is 0.0946 e. The first kappa shape index (κ1) is 9.84. The van der Waals surface area contributed by atoms with Crippen molar-refractivity contribution in [1.29, 1.82) is 0 Å². The van der Waals surface area contributed by atoms with Gasteiger partial charge in [-0.2, -0.15) is 0 Å². The Kier molecular flexibility index (Phi) is 1.87. The molecule has 0 N–H and O–H groups in total. The highest BCUT2D eigenvalue weighted by Gasteiger charge is 2.66. The van der Waals surface area contributed by atoms with E-state index in [1.807, 2.05) is 0 Å². The van der Waals surface area contributed by atoms with Gasteiger partial charge in [-0.15, -0.1) is 0 Å². The van der Waals surface area contributed by atoms with Gasteiger partial charge in [-0.25, -0.2) is 0 Å². The summed E-state index contributed by atoms with van der Waals surface area (Å²) in [6.07, 6.45) is 6.48. The highest BCUT2D eigenvalue weighted by atomic mass is 35.5. The topological polar surface area (TPSA) is 0 Å². The number of halogens is 4. The second-order valence-electron chi connectivity index (χ2n) is 4.36. The second-order valence-corrected chi connectivity index (χ2v) is 6.53. The van der Waals surface area contributed by atoms with E-state index in [2.05, 4.69) is 12.2 Å². The van der Waals surface area contributed by atoms with E-state index in [1.165, 1.54) is 0 Å². The minimum atomic E-state index is -1.02. The number of hydrogen-bond donors (Lipinski definition) is 0. The maximum Gasteiger partial charge on any atom is 0.161 e. The fourth-order valence-electron chi connectivity index (χ4n) is 2.82. The Morgan fingerprint density at radius 3 is 2.36 bits per heavy atom. The maximum absolute atomic E-state index is 6.27. The first-order chi connectivity index (χ1) is 6.50. The van der Waals surface area contributed by atoms with Gasteiger partial charge < -0.3 is 0 Å². The molecule has 0 amide bonds. The number of hydrogen-bond acceptors (Lipinski definition) is 0. The van der Waals surface area contributed by atoms with Crippen molar-refractivity contribution < 1.29 is 0 Å². The third-order valence-electron chi connectivity index (χ3n) is 3.73. The molecule has 1 spiro atoms. The maximum atomic E-state index is 6.27. The van der Waals surface area contributed by atoms with Gasteiger partial charge in [0.05, 0.1) is 5.03 Å². The molecule has 1 fully saturated rings. The molecule has 0 aromatic heterocycles. The van der Waals surface area contributed by atoms with Crippen LogP contribution in [0.5, 0.6) is 0 Å². The van der Waals surface area contributed by atoms with Crippen molar-refractivity contribution in [3.05, 3.63) is 22.2 Å². The Morgan fingerprint density at radius 1 is 1.14 bits per heavy atom. The van der Waals surface area contributed by atoms with Crippen LogP contribution in [0.15, 0.2) is 22.2 Å². The van der Waals surface area contributed by atoms with Crippen molar-refractivity contribution >= 4 is 46.4 Å². The van der Waals surface area contributed by atoms with Gasteiger partial charge in [-0.05, 0) is 18.3 Å². The molecule has 3 aliphatic rings. The first-order valence-electron chi connectivity index (χ1n) is 4.62. The summed E-state index contributed by atoms with van der Waals surface area (Å²) < 4.78 is -1.02. The Balaban J connectivity index is 2.20. The molecular weight excluding hydrogens is 262 g/mol. The predicted molar refractivity (Wildman–Crippen MR) is 61.0 cm³/mol. The van der Waals surface area contributed by atoms with Gasteiger partial charge in [-0.1, -0.05) is 58.6 Å². The highest BCUT2D eigenvalue weighted by molar-refractivity contribution is 6.58. The van der Waals surface area contributed by atoms with Crippen LogP contribution in [-0.4, -0.2) is 4.33 Å². The zero-order valence-corrected chi connectivity index (χ0v) is 10.3. The van der Waals surface area contributed by atoms with E-state index in [1.54, 1.807) is 0 Å². The van der Waals surface area contributed by atoms with E-state index in [9.17, 15) is 0 Å². The van der Waals surface area contributed by atoms with Crippen LogP contribution in [0.4, 0.5) is 0 Å². The molecule has 2 atom stereocenters. The van der Waals surface area contributed by atoms with Crippen molar-refractivity contribution in [1.82, 2.24) is 0 Å². The summed E-state index contributed by atoms with van der Waals surface area (Å²) in [6.45, 7) is 0. The Labute approximate surface area is 103 Å². The lowest BCUT2D eigenvalue weighted by molar-refractivity contribution is 0.313. The largest absolute Gasteiger partial charge is 0.161 e. The summed E-state index contributed by atoms with van der Waals surface area (Å²) in [5.74, 6) is 0.394. The van der Waals surface area contributed by atoms with Crippen molar-refractivity contribution in [3.63, 3.8) is 0 Å². The van der Waals surface area contributed by atoms with Crippen LogP contribution in [0.25, 0.3) is 0 Å². The van der Waals surface area contributed by atoms with Gasteiger partial charge in [0.15, 0.2) is 4.33 Å². The molecule has 0 unspecified atom stereocenters. The van der Waals surface area contributed by atoms with Crippen LogP contribution in [-0.2, 0) is 0 Å². The van der Waals surface area contributed by atoms with Crippen LogP contribution >= 0.6 is 46.4 Å². The monoisotopic (exact) mass is 268 g/mol. The molecule has 3 aliphatic carbocycles. The van der Waals surface area contributed by atoms with Gasteiger partial charge >= 0.3 is 0 Å². The molecule has 0 aliphatic heterocycles. The minimum Gasteiger partial charge on any atom is -0.0946 e. The van der Waals surface area contributed by atoms with Gasteiger partial charge in [0.2, 0.25) is 0 Å². The van der Waals surface area contributed by atoms with Crippen LogP contribution in [0.1, 0.15) is 12.8 Å². The lowest BCUT2D eigenvalue weighted by atomic mass is 9.77. The molecule has 0 heterocycles. The van der Waals surface area contributed by atoms with Gasteiger partial charge in [-0.3, -0.25) is 0 Å². The Bertz CT molecular complexity index is 362. The molecular formula is C10H8Cl4. The standard InChI is InChI=1S/C10H8Cl4/c11-7-5-1-2-6(9(5)3-4-9)10(13,14)8(7)12/h1-2,5-6H,3-4H2/t5-,6+/m1/s1. The molecule has 0 aromatic rings. The Hall–Kier alpha value is 0.640. The summed E-state index contributed by atoms with van der Waals surface area (Å²) in [7, 11) is 0. The fourth-order valence-corrected chi connectivity index (χ4v) is 4.37. The highest BCUT2D eigenvalue weighted by Crippen LogP contribution is 2.72. The number of rotatable bonds is 0. The van der Waals surface area contributed by atoms with E-state index < -0.39 is 4.33 Å². The van der Waals surface area contributed by atoms with Gasteiger partial charge in [0, 0.05) is 16.9 Å². The molecule has 76 valence electrons. The Morgan fingerprint density at radius 2 is 1.79 bits per heavy atom.